The lowest BCUT2D eigenvalue weighted by Gasteiger charge is -2.10. The molecule has 36 heavy (non-hydrogen) atoms. The average molecular weight is 499 g/mol. The third kappa shape index (κ3) is 12.3. The summed E-state index contributed by atoms with van der Waals surface area (Å²) in [6.07, 6.45) is 0. The van der Waals surface area contributed by atoms with Crippen molar-refractivity contribution in [2.45, 2.75) is 39.5 Å². The molecule has 0 bridgehead atoms. The van der Waals surface area contributed by atoms with Gasteiger partial charge in [-0.25, -0.2) is 0 Å². The van der Waals surface area contributed by atoms with Crippen LogP contribution in [-0.2, 0) is 19.1 Å². The van der Waals surface area contributed by atoms with Crippen molar-refractivity contribution in [1.29, 1.82) is 0 Å². The fourth-order valence-electron chi connectivity index (χ4n) is 3.33. The quantitative estimate of drug-likeness (QED) is 0.248. The Morgan fingerprint density at radius 1 is 0.611 bits per heavy atom. The first-order chi connectivity index (χ1) is 17.3. The lowest BCUT2D eigenvalue weighted by Crippen LogP contribution is -2.31. The zero-order chi connectivity index (χ0) is 26.2. The molecule has 4 N–H and O–H groups in total. The number of carbonyl (C=O) groups is 2. The van der Waals surface area contributed by atoms with Crippen LogP contribution in [0.1, 0.15) is 50.7 Å². The molecule has 0 aliphatic heterocycles. The van der Waals surface area contributed by atoms with E-state index in [4.69, 9.17) is 9.47 Å². The van der Waals surface area contributed by atoms with Crippen LogP contribution < -0.4 is 21.3 Å². The predicted octanol–water partition coefficient (Wildman–Crippen LogP) is 3.72. The van der Waals surface area contributed by atoms with Crippen LogP contribution in [-0.4, -0.2) is 64.4 Å². The highest BCUT2D eigenvalue weighted by atomic mass is 16.5. The van der Waals surface area contributed by atoms with Crippen molar-refractivity contribution < 1.29 is 19.1 Å². The van der Waals surface area contributed by atoms with Crippen molar-refractivity contribution in [1.82, 2.24) is 10.6 Å². The van der Waals surface area contributed by atoms with Crippen molar-refractivity contribution in [3.8, 4) is 0 Å². The summed E-state index contributed by atoms with van der Waals surface area (Å²) in [4.78, 5) is 24.0. The first-order valence-electron chi connectivity index (χ1n) is 12.7. The van der Waals surface area contributed by atoms with E-state index in [1.54, 1.807) is 0 Å². The molecule has 0 aromatic heterocycles. The standard InChI is InChI=1S/C28H42N4O4/c1-21(2)23-5-9-25(10-6-23)31-27(33)19-29-13-15-35-17-18-36-16-14-30-20-28(34)32-26-11-7-24(8-12-26)22(3)4/h5-12,21-22,29-30H,13-20H2,1-4H3,(H,31,33)(H,32,34). The van der Waals surface area contributed by atoms with E-state index in [1.807, 2.05) is 48.5 Å². The molecule has 0 heterocycles. The molecule has 2 amide bonds. The number of carbonyl (C=O) groups excluding carboxylic acids is 2. The summed E-state index contributed by atoms with van der Waals surface area (Å²) >= 11 is 0. The van der Waals surface area contributed by atoms with Gasteiger partial charge in [0, 0.05) is 24.5 Å². The molecule has 0 unspecified atom stereocenters. The molecule has 198 valence electrons. The highest BCUT2D eigenvalue weighted by Gasteiger charge is 2.05. The molecule has 0 spiro atoms. The first kappa shape index (κ1) is 29.5. The summed E-state index contributed by atoms with van der Waals surface area (Å²) in [6.45, 7) is 12.1. The second-order valence-electron chi connectivity index (χ2n) is 9.23. The smallest absolute Gasteiger partial charge is 0.238 e. The van der Waals surface area contributed by atoms with Gasteiger partial charge < -0.3 is 30.7 Å². The van der Waals surface area contributed by atoms with Crippen LogP contribution in [0.5, 0.6) is 0 Å². The van der Waals surface area contributed by atoms with Gasteiger partial charge in [-0.3, -0.25) is 9.59 Å². The van der Waals surface area contributed by atoms with Crippen LogP contribution in [0.25, 0.3) is 0 Å². The average Bonchev–Trinajstić information content (AvgIpc) is 2.85. The third-order valence-electron chi connectivity index (χ3n) is 5.51. The summed E-state index contributed by atoms with van der Waals surface area (Å²) in [5.41, 5.74) is 4.09. The van der Waals surface area contributed by atoms with E-state index in [0.29, 0.717) is 51.4 Å². The number of anilines is 2. The highest BCUT2D eigenvalue weighted by Crippen LogP contribution is 2.17. The zero-order valence-corrected chi connectivity index (χ0v) is 22.1. The second-order valence-corrected chi connectivity index (χ2v) is 9.23. The van der Waals surface area contributed by atoms with Crippen LogP contribution in [0.15, 0.2) is 48.5 Å². The van der Waals surface area contributed by atoms with Gasteiger partial charge in [-0.2, -0.15) is 0 Å². The van der Waals surface area contributed by atoms with Gasteiger partial charge in [-0.15, -0.1) is 0 Å². The van der Waals surface area contributed by atoms with Crippen molar-refractivity contribution in [3.63, 3.8) is 0 Å². The van der Waals surface area contributed by atoms with Crippen LogP contribution in [0.3, 0.4) is 0 Å². The SMILES string of the molecule is CC(C)c1ccc(NC(=O)CNCCOCCOCCNCC(=O)Nc2ccc(C(C)C)cc2)cc1. The Bertz CT molecular complexity index is 823. The van der Waals surface area contributed by atoms with Gasteiger partial charge in [-0.05, 0) is 47.2 Å². The summed E-state index contributed by atoms with van der Waals surface area (Å²) in [7, 11) is 0. The molecule has 0 radical (unpaired) electrons. The Morgan fingerprint density at radius 2 is 0.972 bits per heavy atom. The molecular weight excluding hydrogens is 456 g/mol. The summed E-state index contributed by atoms with van der Waals surface area (Å²) in [5.74, 6) is 0.771. The van der Waals surface area contributed by atoms with Gasteiger partial charge in [0.1, 0.15) is 0 Å². The molecular formula is C28H42N4O4. The molecule has 0 saturated carbocycles. The van der Waals surface area contributed by atoms with E-state index in [9.17, 15) is 9.59 Å². The fourth-order valence-corrected chi connectivity index (χ4v) is 3.33. The summed E-state index contributed by atoms with van der Waals surface area (Å²) < 4.78 is 11.0. The lowest BCUT2D eigenvalue weighted by molar-refractivity contribution is -0.116. The van der Waals surface area contributed by atoms with Crippen LogP contribution in [0.4, 0.5) is 11.4 Å². The van der Waals surface area contributed by atoms with E-state index >= 15 is 0 Å². The Hall–Kier alpha value is -2.78. The van der Waals surface area contributed by atoms with E-state index in [0.717, 1.165) is 11.4 Å². The Kier molecular flexibility index (Phi) is 13.8. The number of ether oxygens (including phenoxy) is 2. The zero-order valence-electron chi connectivity index (χ0n) is 22.1. The predicted molar refractivity (Wildman–Crippen MR) is 146 cm³/mol. The Balaban J connectivity index is 1.39. The van der Waals surface area contributed by atoms with E-state index in [2.05, 4.69) is 49.0 Å². The van der Waals surface area contributed by atoms with Crippen LogP contribution in [0.2, 0.25) is 0 Å². The lowest BCUT2D eigenvalue weighted by atomic mass is 10.0. The fraction of sp³-hybridized carbons (Fsp3) is 0.500. The number of nitrogens with one attached hydrogen (secondary N) is 4. The van der Waals surface area contributed by atoms with E-state index in [1.165, 1.54) is 11.1 Å². The third-order valence-corrected chi connectivity index (χ3v) is 5.51. The molecule has 2 aromatic carbocycles. The molecule has 8 nitrogen and oxygen atoms in total. The molecule has 0 fully saturated rings. The maximum Gasteiger partial charge on any atom is 0.238 e. The Labute approximate surface area is 215 Å². The molecule has 0 aliphatic rings. The van der Waals surface area contributed by atoms with Gasteiger partial charge in [-0.1, -0.05) is 52.0 Å². The number of hydrogen-bond donors (Lipinski definition) is 4. The minimum atomic E-state index is -0.0826. The number of benzene rings is 2. The van der Waals surface area contributed by atoms with E-state index in [-0.39, 0.29) is 24.9 Å². The van der Waals surface area contributed by atoms with Crippen molar-refractivity contribution in [3.05, 3.63) is 59.7 Å². The van der Waals surface area contributed by atoms with Crippen LogP contribution >= 0.6 is 0 Å². The summed E-state index contributed by atoms with van der Waals surface area (Å²) in [6, 6.07) is 15.8. The number of rotatable bonds is 17. The number of hydrogen-bond acceptors (Lipinski definition) is 6. The molecule has 0 saturated heterocycles. The maximum absolute atomic E-state index is 12.0. The molecule has 0 atom stereocenters. The molecule has 2 aromatic rings. The Morgan fingerprint density at radius 3 is 1.31 bits per heavy atom. The van der Waals surface area contributed by atoms with Crippen molar-refractivity contribution in [2.24, 2.45) is 0 Å². The minimum Gasteiger partial charge on any atom is -0.378 e. The largest absolute Gasteiger partial charge is 0.378 e. The van der Waals surface area contributed by atoms with Gasteiger partial charge >= 0.3 is 0 Å². The second kappa shape index (κ2) is 16.8. The topological polar surface area (TPSA) is 101 Å². The van der Waals surface area contributed by atoms with Gasteiger partial charge in [0.05, 0.1) is 39.5 Å². The molecule has 0 aliphatic carbocycles. The number of amides is 2. The van der Waals surface area contributed by atoms with E-state index < -0.39 is 0 Å². The van der Waals surface area contributed by atoms with Gasteiger partial charge in [0.2, 0.25) is 11.8 Å². The van der Waals surface area contributed by atoms with Crippen molar-refractivity contribution >= 4 is 23.2 Å². The molecule has 8 heteroatoms. The minimum absolute atomic E-state index is 0.0826. The van der Waals surface area contributed by atoms with Gasteiger partial charge in [0.25, 0.3) is 0 Å². The maximum atomic E-state index is 12.0. The van der Waals surface area contributed by atoms with Gasteiger partial charge in [0.15, 0.2) is 0 Å². The van der Waals surface area contributed by atoms with Crippen molar-refractivity contribution in [2.75, 3.05) is 63.2 Å². The summed E-state index contributed by atoms with van der Waals surface area (Å²) in [5, 5.41) is 11.9. The molecule has 2 rings (SSSR count). The monoisotopic (exact) mass is 498 g/mol. The first-order valence-corrected chi connectivity index (χ1v) is 12.7. The highest BCUT2D eigenvalue weighted by molar-refractivity contribution is 5.92. The normalized spacial score (nSPS) is 11.2. The van der Waals surface area contributed by atoms with Crippen LogP contribution in [0, 0.1) is 0 Å².